The smallest absolute Gasteiger partial charge is 0.323 e. The van der Waals surface area contributed by atoms with Crippen LogP contribution in [0, 0.1) is 11.8 Å². The van der Waals surface area contributed by atoms with Gasteiger partial charge in [-0.05, 0) is 38.6 Å². The first-order valence-corrected chi connectivity index (χ1v) is 6.49. The van der Waals surface area contributed by atoms with Gasteiger partial charge in [0.25, 0.3) is 0 Å². The molecule has 0 spiro atoms. The maximum atomic E-state index is 12.1. The summed E-state index contributed by atoms with van der Waals surface area (Å²) in [5.74, 6) is -0.487. The van der Waals surface area contributed by atoms with Crippen LogP contribution in [0.25, 0.3) is 0 Å². The number of carbonyl (C=O) groups is 2. The maximum absolute atomic E-state index is 12.1. The Morgan fingerprint density at radius 3 is 2.11 bits per heavy atom. The SMILES string of the molecule is CC(C)C[C@H](CN)CC(=O)N(CC(=O)O)C(C)C. The van der Waals surface area contributed by atoms with E-state index in [1.54, 1.807) is 0 Å². The molecule has 0 aliphatic carbocycles. The second kappa shape index (κ2) is 8.08. The fourth-order valence-corrected chi connectivity index (χ4v) is 2.00. The number of carbonyl (C=O) groups excluding carboxylic acids is 1. The second-order valence-electron chi connectivity index (χ2n) is 5.44. The number of hydrogen-bond acceptors (Lipinski definition) is 3. The first-order valence-electron chi connectivity index (χ1n) is 6.49. The quantitative estimate of drug-likeness (QED) is 0.687. The molecule has 0 aliphatic rings. The van der Waals surface area contributed by atoms with Crippen molar-refractivity contribution in [2.75, 3.05) is 13.1 Å². The van der Waals surface area contributed by atoms with Crippen molar-refractivity contribution in [3.63, 3.8) is 0 Å². The Morgan fingerprint density at radius 1 is 1.22 bits per heavy atom. The van der Waals surface area contributed by atoms with E-state index in [4.69, 9.17) is 10.8 Å². The van der Waals surface area contributed by atoms with Gasteiger partial charge in [0, 0.05) is 12.5 Å². The molecule has 0 fully saturated rings. The van der Waals surface area contributed by atoms with Crippen molar-refractivity contribution in [2.24, 2.45) is 17.6 Å². The minimum absolute atomic E-state index is 0.105. The molecule has 5 heteroatoms. The van der Waals surface area contributed by atoms with E-state index in [1.165, 1.54) is 4.90 Å². The van der Waals surface area contributed by atoms with Crippen molar-refractivity contribution in [1.29, 1.82) is 0 Å². The van der Waals surface area contributed by atoms with E-state index in [2.05, 4.69) is 13.8 Å². The molecule has 0 saturated carbocycles. The highest BCUT2D eigenvalue weighted by Gasteiger charge is 2.23. The van der Waals surface area contributed by atoms with Gasteiger partial charge < -0.3 is 15.7 Å². The second-order valence-corrected chi connectivity index (χ2v) is 5.44. The summed E-state index contributed by atoms with van der Waals surface area (Å²) in [5, 5.41) is 8.80. The van der Waals surface area contributed by atoms with E-state index < -0.39 is 5.97 Å². The zero-order valence-electron chi connectivity index (χ0n) is 11.8. The summed E-state index contributed by atoms with van der Waals surface area (Å²) >= 11 is 0. The summed E-state index contributed by atoms with van der Waals surface area (Å²) in [4.78, 5) is 24.2. The zero-order chi connectivity index (χ0) is 14.3. The summed E-state index contributed by atoms with van der Waals surface area (Å²) in [6.07, 6.45) is 1.22. The van der Waals surface area contributed by atoms with Crippen molar-refractivity contribution < 1.29 is 14.7 Å². The van der Waals surface area contributed by atoms with Crippen LogP contribution in [-0.4, -0.2) is 41.0 Å². The van der Waals surface area contributed by atoms with Gasteiger partial charge in [-0.3, -0.25) is 9.59 Å². The molecule has 0 aromatic rings. The fraction of sp³-hybridized carbons (Fsp3) is 0.846. The van der Waals surface area contributed by atoms with Crippen molar-refractivity contribution in [1.82, 2.24) is 4.90 Å². The van der Waals surface area contributed by atoms with Crippen molar-refractivity contribution >= 4 is 11.9 Å². The van der Waals surface area contributed by atoms with Crippen LogP contribution in [0.15, 0.2) is 0 Å². The Balaban J connectivity index is 4.52. The number of carboxylic acid groups (broad SMARTS) is 1. The van der Waals surface area contributed by atoms with Crippen LogP contribution in [0.5, 0.6) is 0 Å². The van der Waals surface area contributed by atoms with Crippen LogP contribution in [-0.2, 0) is 9.59 Å². The lowest BCUT2D eigenvalue weighted by molar-refractivity contribution is -0.146. The van der Waals surface area contributed by atoms with E-state index in [0.717, 1.165) is 6.42 Å². The molecule has 1 amide bonds. The molecular weight excluding hydrogens is 232 g/mol. The Kier molecular flexibility index (Phi) is 7.59. The molecule has 0 radical (unpaired) electrons. The zero-order valence-corrected chi connectivity index (χ0v) is 11.8. The standard InChI is InChI=1S/C13H26N2O3/c1-9(2)5-11(7-14)6-12(16)15(10(3)4)8-13(17)18/h9-11H,5-8,14H2,1-4H3,(H,17,18)/t11-/m0/s1. The van der Waals surface area contributed by atoms with Crippen molar-refractivity contribution in [2.45, 2.75) is 46.6 Å². The van der Waals surface area contributed by atoms with Gasteiger partial charge in [-0.15, -0.1) is 0 Å². The molecule has 1 atom stereocenters. The minimum Gasteiger partial charge on any atom is -0.480 e. The highest BCUT2D eigenvalue weighted by Crippen LogP contribution is 2.16. The molecule has 0 aliphatic heterocycles. The summed E-state index contributed by atoms with van der Waals surface area (Å²) in [6, 6.07) is -0.105. The highest BCUT2D eigenvalue weighted by atomic mass is 16.4. The van der Waals surface area contributed by atoms with Gasteiger partial charge in [0.1, 0.15) is 6.54 Å². The Hall–Kier alpha value is -1.10. The Morgan fingerprint density at radius 2 is 1.78 bits per heavy atom. The summed E-state index contributed by atoms with van der Waals surface area (Å²) in [7, 11) is 0. The van der Waals surface area contributed by atoms with Gasteiger partial charge in [0.15, 0.2) is 0 Å². The first kappa shape index (κ1) is 16.9. The molecule has 3 N–H and O–H groups in total. The predicted molar refractivity (Wildman–Crippen MR) is 71.1 cm³/mol. The molecule has 0 saturated heterocycles. The third-order valence-electron chi connectivity index (χ3n) is 2.85. The molecule has 5 nitrogen and oxygen atoms in total. The molecular formula is C13H26N2O3. The average molecular weight is 258 g/mol. The monoisotopic (exact) mass is 258 g/mol. The number of nitrogens with zero attached hydrogens (tertiary/aromatic N) is 1. The largest absolute Gasteiger partial charge is 0.480 e. The number of rotatable bonds is 8. The van der Waals surface area contributed by atoms with Crippen LogP contribution >= 0.6 is 0 Å². The van der Waals surface area contributed by atoms with Gasteiger partial charge in [0.2, 0.25) is 5.91 Å². The Bertz CT molecular complexity index is 277. The third kappa shape index (κ3) is 6.59. The molecule has 0 rings (SSSR count). The van der Waals surface area contributed by atoms with E-state index in [1.807, 2.05) is 13.8 Å². The van der Waals surface area contributed by atoms with Crippen molar-refractivity contribution in [3.05, 3.63) is 0 Å². The maximum Gasteiger partial charge on any atom is 0.323 e. The van der Waals surface area contributed by atoms with Crippen LogP contribution in [0.2, 0.25) is 0 Å². The van der Waals surface area contributed by atoms with E-state index >= 15 is 0 Å². The van der Waals surface area contributed by atoms with Gasteiger partial charge >= 0.3 is 5.97 Å². The molecule has 0 aromatic carbocycles. The normalized spacial score (nSPS) is 12.8. The lowest BCUT2D eigenvalue weighted by Crippen LogP contribution is -2.42. The fourth-order valence-electron chi connectivity index (χ4n) is 2.00. The minimum atomic E-state index is -0.981. The van der Waals surface area contributed by atoms with E-state index in [-0.39, 0.29) is 24.4 Å². The molecule has 0 unspecified atom stereocenters. The third-order valence-corrected chi connectivity index (χ3v) is 2.85. The van der Waals surface area contributed by atoms with Gasteiger partial charge in [-0.25, -0.2) is 0 Å². The Labute approximate surface area is 109 Å². The first-order chi connectivity index (χ1) is 8.27. The molecule has 0 bridgehead atoms. The topological polar surface area (TPSA) is 83.6 Å². The van der Waals surface area contributed by atoms with Gasteiger partial charge in [0.05, 0.1) is 0 Å². The van der Waals surface area contributed by atoms with Crippen LogP contribution in [0.1, 0.15) is 40.5 Å². The van der Waals surface area contributed by atoms with E-state index in [9.17, 15) is 9.59 Å². The number of carboxylic acids is 1. The van der Waals surface area contributed by atoms with Crippen molar-refractivity contribution in [3.8, 4) is 0 Å². The lowest BCUT2D eigenvalue weighted by Gasteiger charge is -2.27. The molecule has 106 valence electrons. The number of hydrogen-bond donors (Lipinski definition) is 2. The summed E-state index contributed by atoms with van der Waals surface area (Å²) < 4.78 is 0. The lowest BCUT2D eigenvalue weighted by atomic mass is 9.93. The number of aliphatic carboxylic acids is 1. The van der Waals surface area contributed by atoms with Gasteiger partial charge in [-0.2, -0.15) is 0 Å². The van der Waals surface area contributed by atoms with E-state index in [0.29, 0.717) is 18.9 Å². The van der Waals surface area contributed by atoms with Crippen LogP contribution < -0.4 is 5.73 Å². The molecule has 18 heavy (non-hydrogen) atoms. The molecule has 0 heterocycles. The number of amides is 1. The summed E-state index contributed by atoms with van der Waals surface area (Å²) in [5.41, 5.74) is 5.66. The van der Waals surface area contributed by atoms with Gasteiger partial charge in [-0.1, -0.05) is 13.8 Å². The average Bonchev–Trinajstić information content (AvgIpc) is 2.23. The van der Waals surface area contributed by atoms with Crippen LogP contribution in [0.3, 0.4) is 0 Å². The number of nitrogens with two attached hydrogens (primary N) is 1. The summed E-state index contributed by atoms with van der Waals surface area (Å²) in [6.45, 7) is 8.04. The molecule has 0 aromatic heterocycles. The highest BCUT2D eigenvalue weighted by molar-refractivity contribution is 5.81. The van der Waals surface area contributed by atoms with Crippen LogP contribution in [0.4, 0.5) is 0 Å². The predicted octanol–water partition coefficient (Wildman–Crippen LogP) is 1.32.